The maximum atomic E-state index is 6.79. The van der Waals surface area contributed by atoms with E-state index in [4.69, 9.17) is 9.47 Å². The second-order valence-corrected chi connectivity index (χ2v) is 10.2. The summed E-state index contributed by atoms with van der Waals surface area (Å²) in [4.78, 5) is 2.76. The number of nitrogens with zero attached hydrogens (tertiary/aromatic N) is 1. The number of rotatable bonds is 4. The van der Waals surface area contributed by atoms with Gasteiger partial charge in [0.1, 0.15) is 6.10 Å². The molecular weight excluding hydrogens is 370 g/mol. The molecule has 2 aliphatic heterocycles. The fourth-order valence-corrected chi connectivity index (χ4v) is 6.98. The van der Waals surface area contributed by atoms with Crippen LogP contribution in [0.15, 0.2) is 54.6 Å². The zero-order valence-corrected chi connectivity index (χ0v) is 18.2. The van der Waals surface area contributed by atoms with E-state index < -0.39 is 0 Å². The van der Waals surface area contributed by atoms with E-state index in [1.807, 2.05) is 0 Å². The van der Waals surface area contributed by atoms with Crippen LogP contribution in [-0.2, 0) is 18.3 Å². The van der Waals surface area contributed by atoms with Crippen molar-refractivity contribution in [2.24, 2.45) is 11.3 Å². The van der Waals surface area contributed by atoms with E-state index in [1.165, 1.54) is 16.7 Å². The Morgan fingerprint density at radius 1 is 1.13 bits per heavy atom. The van der Waals surface area contributed by atoms with Crippen molar-refractivity contribution in [3.63, 3.8) is 0 Å². The van der Waals surface area contributed by atoms with Crippen molar-refractivity contribution in [2.45, 2.75) is 50.7 Å². The summed E-state index contributed by atoms with van der Waals surface area (Å²) in [7, 11) is 1.76. The molecule has 1 unspecified atom stereocenters. The van der Waals surface area contributed by atoms with Crippen molar-refractivity contribution >= 4 is 0 Å². The van der Waals surface area contributed by atoms with E-state index in [-0.39, 0.29) is 16.9 Å². The van der Waals surface area contributed by atoms with Crippen molar-refractivity contribution in [1.82, 2.24) is 4.90 Å². The molecule has 2 aromatic rings. The maximum Gasteiger partial charge on any atom is 0.165 e. The van der Waals surface area contributed by atoms with Crippen molar-refractivity contribution in [2.75, 3.05) is 20.2 Å². The summed E-state index contributed by atoms with van der Waals surface area (Å²) in [6, 6.07) is 15.9. The molecule has 0 saturated carbocycles. The Morgan fingerprint density at radius 2 is 1.97 bits per heavy atom. The molecule has 1 fully saturated rings. The van der Waals surface area contributed by atoms with Crippen LogP contribution in [0.5, 0.6) is 11.5 Å². The van der Waals surface area contributed by atoms with E-state index >= 15 is 0 Å². The van der Waals surface area contributed by atoms with Gasteiger partial charge >= 0.3 is 0 Å². The Hall–Kier alpha value is -2.26. The molecule has 2 heterocycles. The van der Waals surface area contributed by atoms with Gasteiger partial charge < -0.3 is 9.47 Å². The lowest BCUT2D eigenvalue weighted by Crippen LogP contribution is -2.66. The molecule has 0 radical (unpaired) electrons. The topological polar surface area (TPSA) is 21.7 Å². The summed E-state index contributed by atoms with van der Waals surface area (Å²) in [6.07, 6.45) is 8.54. The molecule has 3 heteroatoms. The molecule has 4 atom stereocenters. The van der Waals surface area contributed by atoms with Crippen molar-refractivity contribution in [3.05, 3.63) is 71.3 Å². The normalized spacial score (nSPS) is 32.4. The van der Waals surface area contributed by atoms with Gasteiger partial charge in [0, 0.05) is 34.9 Å². The molecule has 2 bridgehead atoms. The van der Waals surface area contributed by atoms with Gasteiger partial charge in [-0.05, 0) is 43.0 Å². The molecule has 2 aliphatic carbocycles. The highest BCUT2D eigenvalue weighted by molar-refractivity contribution is 5.62. The Labute approximate surface area is 179 Å². The first-order valence-electron chi connectivity index (χ1n) is 11.4. The quantitative estimate of drug-likeness (QED) is 0.688. The van der Waals surface area contributed by atoms with Gasteiger partial charge in [-0.15, -0.1) is 0 Å². The Balaban J connectivity index is 1.42. The van der Waals surface area contributed by atoms with Gasteiger partial charge in [0.05, 0.1) is 7.11 Å². The number of benzene rings is 2. The van der Waals surface area contributed by atoms with Crippen LogP contribution in [-0.4, -0.2) is 37.2 Å². The third-order valence-electron chi connectivity index (χ3n) is 8.26. The van der Waals surface area contributed by atoms with Crippen LogP contribution in [0, 0.1) is 11.3 Å². The SMILES string of the molecule is COc1ccc2c3c1O[C@@H]1C(C)(C)C=CC4[C@H](C2)N(CCc2ccccc2)CC[C@]341. The van der Waals surface area contributed by atoms with Crippen molar-refractivity contribution in [3.8, 4) is 11.5 Å². The minimum absolute atomic E-state index is 0.0197. The van der Waals surface area contributed by atoms with Crippen molar-refractivity contribution in [1.29, 1.82) is 0 Å². The summed E-state index contributed by atoms with van der Waals surface area (Å²) in [5.41, 5.74) is 4.48. The largest absolute Gasteiger partial charge is 0.493 e. The number of piperidine rings is 1. The Bertz CT molecular complexity index is 1010. The molecule has 1 spiro atoms. The summed E-state index contributed by atoms with van der Waals surface area (Å²) in [6.45, 7) is 6.95. The first kappa shape index (κ1) is 18.5. The predicted molar refractivity (Wildman–Crippen MR) is 119 cm³/mol. The number of hydrogen-bond acceptors (Lipinski definition) is 3. The molecule has 4 aliphatic rings. The van der Waals surface area contributed by atoms with Gasteiger partial charge in [-0.25, -0.2) is 0 Å². The first-order chi connectivity index (χ1) is 14.5. The zero-order valence-electron chi connectivity index (χ0n) is 18.2. The molecule has 6 rings (SSSR count). The average Bonchev–Trinajstić information content (AvgIpc) is 3.11. The lowest BCUT2D eigenvalue weighted by atomic mass is 9.50. The van der Waals surface area contributed by atoms with Gasteiger partial charge in [-0.3, -0.25) is 4.90 Å². The molecular formula is C27H31NO2. The van der Waals surface area contributed by atoms with E-state index in [1.54, 1.807) is 7.11 Å². The van der Waals surface area contributed by atoms with Crippen LogP contribution in [0.2, 0.25) is 0 Å². The second kappa shape index (κ2) is 6.37. The van der Waals surface area contributed by atoms with Crippen LogP contribution in [0.3, 0.4) is 0 Å². The van der Waals surface area contributed by atoms with Crippen molar-refractivity contribution < 1.29 is 9.47 Å². The molecule has 30 heavy (non-hydrogen) atoms. The van der Waals surface area contributed by atoms with Gasteiger partial charge in [0.2, 0.25) is 0 Å². The summed E-state index contributed by atoms with van der Waals surface area (Å²) < 4.78 is 12.5. The van der Waals surface area contributed by atoms with Gasteiger partial charge in [-0.2, -0.15) is 0 Å². The number of likely N-dealkylation sites (tertiary alicyclic amines) is 1. The molecule has 0 N–H and O–H groups in total. The summed E-state index contributed by atoms with van der Waals surface area (Å²) in [5, 5.41) is 0. The minimum atomic E-state index is 0.0197. The lowest BCUT2D eigenvalue weighted by Gasteiger charge is -2.59. The second-order valence-electron chi connectivity index (χ2n) is 10.2. The van der Waals surface area contributed by atoms with Crippen LogP contribution >= 0.6 is 0 Å². The smallest absolute Gasteiger partial charge is 0.165 e. The Kier molecular flexibility index (Phi) is 3.93. The molecule has 156 valence electrons. The highest BCUT2D eigenvalue weighted by Crippen LogP contribution is 2.65. The third-order valence-corrected chi connectivity index (χ3v) is 8.26. The first-order valence-corrected chi connectivity index (χ1v) is 11.4. The highest BCUT2D eigenvalue weighted by atomic mass is 16.5. The zero-order chi connectivity index (χ0) is 20.5. The standard InChI is InChI=1S/C27H31NO2/c1-26(2)13-11-20-21-17-19-9-10-22(29-3)24-23(19)27(20,25(26)30-24)14-16-28(21)15-12-18-7-5-4-6-8-18/h4-11,13,20-21,25H,12,14-17H2,1-3H3/t20?,21-,25+,27+/m0/s1. The third kappa shape index (κ3) is 2.36. The fraction of sp³-hybridized carbons (Fsp3) is 0.481. The lowest BCUT2D eigenvalue weighted by molar-refractivity contribution is -0.0462. The number of ether oxygens (including phenoxy) is 2. The molecule has 1 saturated heterocycles. The maximum absolute atomic E-state index is 6.79. The molecule has 0 aromatic heterocycles. The van der Waals surface area contributed by atoms with E-state index in [9.17, 15) is 0 Å². The van der Waals surface area contributed by atoms with E-state index in [2.05, 4.69) is 73.4 Å². The van der Waals surface area contributed by atoms with E-state index in [0.29, 0.717) is 12.0 Å². The number of hydrogen-bond donors (Lipinski definition) is 0. The van der Waals surface area contributed by atoms with Gasteiger partial charge in [-0.1, -0.05) is 62.4 Å². The molecule has 0 amide bonds. The minimum Gasteiger partial charge on any atom is -0.493 e. The van der Waals surface area contributed by atoms with Crippen LogP contribution < -0.4 is 9.47 Å². The van der Waals surface area contributed by atoms with Gasteiger partial charge in [0.15, 0.2) is 11.5 Å². The fourth-order valence-electron chi connectivity index (χ4n) is 6.98. The molecule has 3 nitrogen and oxygen atoms in total. The highest BCUT2D eigenvalue weighted by Gasteiger charge is 2.66. The van der Waals surface area contributed by atoms with Crippen LogP contribution in [0.25, 0.3) is 0 Å². The summed E-state index contributed by atoms with van der Waals surface area (Å²) in [5.74, 6) is 2.44. The van der Waals surface area contributed by atoms with Crippen LogP contribution in [0.4, 0.5) is 0 Å². The predicted octanol–water partition coefficient (Wildman–Crippen LogP) is 4.78. The summed E-state index contributed by atoms with van der Waals surface area (Å²) >= 11 is 0. The van der Waals surface area contributed by atoms with E-state index in [0.717, 1.165) is 43.9 Å². The molecule has 2 aromatic carbocycles. The number of methoxy groups -OCH3 is 1. The monoisotopic (exact) mass is 401 g/mol. The van der Waals surface area contributed by atoms with Gasteiger partial charge in [0.25, 0.3) is 0 Å². The van der Waals surface area contributed by atoms with Crippen LogP contribution in [0.1, 0.15) is 37.0 Å². The Morgan fingerprint density at radius 3 is 2.77 bits per heavy atom. The average molecular weight is 402 g/mol.